The standard InChI is InChI=1S/C41H45BF2N6O13S3/c1-21-27-12-14-32(51)45-18-6-5-7-29(40(55)46-20-30-31(65(57,58)59)19-36(64-30)66(60,61)62)47-33(52)15-13-28-22(2)39-37(38(21)48(23(27)3)42(43,44)49(39)24(28)4)25-8-10-26(11-9-25)41(56)63-50-34(53)16-17-35(50)54/h8-11,16-17,19,29,53-54H,5-7,12-15,18,20H2,1-4H3,(H,45,51)(H,46,55)(H,47,52)(H,57,58,59)(H,60,61,62). The molecule has 25 heteroatoms. The van der Waals surface area contributed by atoms with Crippen LogP contribution in [0.4, 0.5) is 8.63 Å². The molecule has 4 aliphatic heterocycles. The minimum absolute atomic E-state index is 0.00277. The first-order chi connectivity index (χ1) is 30.9. The molecule has 0 spiro atoms. The van der Waals surface area contributed by atoms with E-state index in [0.29, 0.717) is 68.4 Å². The van der Waals surface area contributed by atoms with E-state index < -0.39 is 78.4 Å². The van der Waals surface area contributed by atoms with Gasteiger partial charge in [-0.25, -0.2) is 4.79 Å². The zero-order valence-electron chi connectivity index (χ0n) is 35.8. The van der Waals surface area contributed by atoms with Gasteiger partial charge in [-0.15, -0.1) is 16.1 Å². The van der Waals surface area contributed by atoms with Crippen molar-refractivity contribution >= 4 is 73.5 Å². The summed E-state index contributed by atoms with van der Waals surface area (Å²) in [5.74, 6) is -3.82. The Bertz CT molecular complexity index is 3020. The lowest BCUT2D eigenvalue weighted by Crippen LogP contribution is -2.51. The van der Waals surface area contributed by atoms with Crippen molar-refractivity contribution in [3.8, 4) is 11.8 Å². The Morgan fingerprint density at radius 1 is 0.924 bits per heavy atom. The number of nitrogens with zero attached hydrogens (tertiary/aromatic N) is 3. The van der Waals surface area contributed by atoms with Crippen LogP contribution in [0, 0.1) is 13.8 Å². The number of nitrogens with one attached hydrogen (secondary N) is 3. The van der Waals surface area contributed by atoms with E-state index in [1.54, 1.807) is 32.9 Å². The zero-order valence-corrected chi connectivity index (χ0v) is 38.3. The maximum absolute atomic E-state index is 17.4. The van der Waals surface area contributed by atoms with Crippen molar-refractivity contribution in [3.63, 3.8) is 0 Å². The summed E-state index contributed by atoms with van der Waals surface area (Å²) in [6, 6.07) is 7.46. The Morgan fingerprint density at radius 3 is 2.21 bits per heavy atom. The molecule has 0 fully saturated rings. The number of carbonyl (C=O) groups is 4. The van der Waals surface area contributed by atoms with Gasteiger partial charge >= 0.3 is 23.1 Å². The van der Waals surface area contributed by atoms with E-state index in [1.807, 2.05) is 0 Å². The van der Waals surface area contributed by atoms with Crippen molar-refractivity contribution in [2.24, 2.45) is 0 Å². The van der Waals surface area contributed by atoms with Crippen LogP contribution in [0.15, 0.2) is 68.4 Å². The third-order valence-electron chi connectivity index (χ3n) is 12.0. The minimum atomic E-state index is -4.99. The molecular formula is C41H45BF2N6O13S3. The van der Waals surface area contributed by atoms with Gasteiger partial charge in [-0.3, -0.25) is 23.5 Å². The molecule has 66 heavy (non-hydrogen) atoms. The summed E-state index contributed by atoms with van der Waals surface area (Å²) in [6.07, 6.45) is 0.458. The number of amides is 3. The van der Waals surface area contributed by atoms with E-state index in [1.165, 1.54) is 19.1 Å². The van der Waals surface area contributed by atoms with Crippen LogP contribution in [0.25, 0.3) is 5.57 Å². The molecule has 19 nitrogen and oxygen atoms in total. The number of aromatic nitrogens is 2. The van der Waals surface area contributed by atoms with Crippen LogP contribution in [-0.2, 0) is 47.6 Å². The molecule has 352 valence electrons. The van der Waals surface area contributed by atoms with Crippen LogP contribution in [0.2, 0.25) is 0 Å². The Labute approximate surface area is 381 Å². The van der Waals surface area contributed by atoms with Crippen molar-refractivity contribution in [2.75, 3.05) is 6.54 Å². The highest BCUT2D eigenvalue weighted by Gasteiger charge is 2.57. The number of aromatic hydroxyl groups is 2. The fourth-order valence-electron chi connectivity index (χ4n) is 8.80. The number of thiophene rings is 1. The average Bonchev–Trinajstić information content (AvgIpc) is 3.96. The Kier molecular flexibility index (Phi) is 13.0. The highest BCUT2D eigenvalue weighted by Crippen LogP contribution is 2.47. The maximum atomic E-state index is 17.4. The highest BCUT2D eigenvalue weighted by atomic mass is 32.3. The predicted octanol–water partition coefficient (Wildman–Crippen LogP) is 3.75. The third kappa shape index (κ3) is 9.04. The molecule has 4 aromatic rings. The van der Waals surface area contributed by atoms with Gasteiger partial charge in [0.15, 0.2) is 5.70 Å². The van der Waals surface area contributed by atoms with Gasteiger partial charge in [0, 0.05) is 60.2 Å². The van der Waals surface area contributed by atoms with E-state index in [4.69, 9.17) is 4.84 Å². The number of hydrogen-bond donors (Lipinski definition) is 7. The van der Waals surface area contributed by atoms with Crippen LogP contribution >= 0.6 is 11.3 Å². The Morgan fingerprint density at radius 2 is 1.58 bits per heavy atom. The van der Waals surface area contributed by atoms with Crippen LogP contribution in [0.3, 0.4) is 0 Å². The summed E-state index contributed by atoms with van der Waals surface area (Å²) in [5, 5.41) is 27.9. The first-order valence-electron chi connectivity index (χ1n) is 20.6. The molecule has 1 atom stereocenters. The summed E-state index contributed by atoms with van der Waals surface area (Å²) < 4.78 is 103. The van der Waals surface area contributed by atoms with Gasteiger partial charge < -0.3 is 48.6 Å². The van der Waals surface area contributed by atoms with E-state index in [9.17, 15) is 55.3 Å². The molecule has 1 aromatic carbocycles. The average molecular weight is 975 g/mol. The van der Waals surface area contributed by atoms with Crippen LogP contribution in [0.5, 0.6) is 11.8 Å². The van der Waals surface area contributed by atoms with Crippen molar-refractivity contribution < 1.29 is 73.3 Å². The quantitative estimate of drug-likeness (QED) is 0.0981. The van der Waals surface area contributed by atoms with Gasteiger partial charge in [-0.05, 0) is 93.5 Å². The number of benzene rings is 1. The molecule has 8 rings (SSSR count). The van der Waals surface area contributed by atoms with Gasteiger partial charge in [0.05, 0.1) is 17.7 Å². The van der Waals surface area contributed by atoms with Gasteiger partial charge in [0.1, 0.15) is 20.9 Å². The van der Waals surface area contributed by atoms with Crippen molar-refractivity contribution in [1.82, 2.24) is 25.2 Å². The van der Waals surface area contributed by atoms with Gasteiger partial charge in [0.2, 0.25) is 29.5 Å². The normalized spacial score (nSPS) is 18.5. The van der Waals surface area contributed by atoms with Crippen molar-refractivity contribution in [3.05, 3.63) is 97.8 Å². The molecule has 6 bridgehead atoms. The number of allylic oxidation sites excluding steroid dienone is 2. The highest BCUT2D eigenvalue weighted by molar-refractivity contribution is 7.88. The first kappa shape index (κ1) is 47.8. The summed E-state index contributed by atoms with van der Waals surface area (Å²) >= 11 is 0.302. The van der Waals surface area contributed by atoms with Gasteiger partial charge in [-0.1, -0.05) is 12.1 Å². The third-order valence-corrected chi connectivity index (χ3v) is 15.5. The van der Waals surface area contributed by atoms with Gasteiger partial charge in [-0.2, -0.15) is 16.8 Å². The van der Waals surface area contributed by atoms with Crippen molar-refractivity contribution in [2.45, 2.75) is 94.3 Å². The van der Waals surface area contributed by atoms with E-state index in [0.717, 1.165) is 21.1 Å². The number of hydrogen-bond acceptors (Lipinski definition) is 12. The summed E-state index contributed by atoms with van der Waals surface area (Å²) in [4.78, 5) is 57.5. The van der Waals surface area contributed by atoms with Crippen LogP contribution < -0.4 is 20.8 Å². The van der Waals surface area contributed by atoms with E-state index in [2.05, 4.69) is 16.0 Å². The predicted molar refractivity (Wildman–Crippen MR) is 234 cm³/mol. The molecule has 0 radical (unpaired) electrons. The SMILES string of the molecule is CC1=C2CCC(=O)NCCCCC(C(=O)NCc3sc(S(=O)(=O)O)cc3S(=O)(=O)O)NC(=O)CCc3c(C)c4n(c3C)[B-](F)(F)[N+](=C2C)C1=C4c1ccc(C(=O)On2c(O)ccc2O)cc1. The number of rotatable bonds is 8. The zero-order chi connectivity index (χ0) is 48.2. The molecule has 7 N–H and O–H groups in total. The van der Waals surface area contributed by atoms with Crippen LogP contribution in [-0.4, -0.2) is 98.8 Å². The van der Waals surface area contributed by atoms with E-state index in [-0.39, 0.29) is 77.8 Å². The topological polar surface area (TPSA) is 276 Å². The molecule has 4 aliphatic rings. The Balaban J connectivity index is 1.24. The molecule has 0 saturated carbocycles. The molecule has 3 amide bonds. The van der Waals surface area contributed by atoms with Gasteiger partial charge in [0.25, 0.3) is 10.1 Å². The minimum Gasteiger partial charge on any atom is -0.492 e. The Hall–Kier alpha value is -6.15. The monoisotopic (exact) mass is 974 g/mol. The summed E-state index contributed by atoms with van der Waals surface area (Å²) in [5.41, 5.74) is 3.54. The first-order valence-corrected chi connectivity index (χ1v) is 24.3. The second-order valence-electron chi connectivity index (χ2n) is 16.1. The molecule has 3 aromatic heterocycles. The van der Waals surface area contributed by atoms with Crippen LogP contribution in [0.1, 0.15) is 95.7 Å². The number of carbonyl (C=O) groups excluding carboxylic acids is 4. The molecule has 0 aliphatic carbocycles. The lowest BCUT2D eigenvalue weighted by atomic mass is 9.83. The number of halogens is 2. The molecular weight excluding hydrogens is 929 g/mol. The molecule has 1 unspecified atom stereocenters. The summed E-state index contributed by atoms with van der Waals surface area (Å²) in [7, 11) is -9.87. The smallest absolute Gasteiger partial charge is 0.492 e. The second kappa shape index (κ2) is 17.9. The lowest BCUT2D eigenvalue weighted by Gasteiger charge is -2.34. The molecule has 7 heterocycles. The number of fused-ring (bicyclic) bond motifs is 12. The second-order valence-corrected chi connectivity index (χ2v) is 20.2. The fraction of sp³-hybridized carbons (Fsp3) is 0.341. The van der Waals surface area contributed by atoms with E-state index >= 15 is 8.63 Å². The lowest BCUT2D eigenvalue weighted by molar-refractivity contribution is -0.363. The molecule has 0 saturated heterocycles. The summed E-state index contributed by atoms with van der Waals surface area (Å²) in [6.45, 7) is 1.44. The van der Waals surface area contributed by atoms with Crippen molar-refractivity contribution in [1.29, 1.82) is 0 Å². The maximum Gasteiger partial charge on any atom is 0.737 e. The fourth-order valence-corrected chi connectivity index (χ4v) is 11.7. The largest absolute Gasteiger partial charge is 0.737 e.